The normalized spacial score (nSPS) is 20.1. The molecule has 0 aliphatic carbocycles. The number of allylic oxidation sites excluding steroid dienone is 1. The number of aromatic nitrogens is 3. The van der Waals surface area contributed by atoms with E-state index in [-0.39, 0.29) is 24.9 Å². The highest BCUT2D eigenvalue weighted by molar-refractivity contribution is 6.08. The molecular formula is C31H43N5O6. The third kappa shape index (κ3) is 7.07. The number of ether oxygens (including phenoxy) is 1. The largest absolute Gasteiger partial charge is 0.469 e. The number of anilines is 2. The molecule has 228 valence electrons. The van der Waals surface area contributed by atoms with Crippen LogP contribution < -0.4 is 9.80 Å². The van der Waals surface area contributed by atoms with Crippen molar-refractivity contribution in [3.05, 3.63) is 47.8 Å². The number of benzene rings is 1. The summed E-state index contributed by atoms with van der Waals surface area (Å²) in [5.41, 5.74) is 0.731. The van der Waals surface area contributed by atoms with Crippen LogP contribution in [0.25, 0.3) is 0 Å². The van der Waals surface area contributed by atoms with Gasteiger partial charge >= 0.3 is 5.97 Å². The van der Waals surface area contributed by atoms with Gasteiger partial charge in [-0.05, 0) is 50.3 Å². The maximum atomic E-state index is 13.9. The average Bonchev–Trinajstić information content (AvgIpc) is 3.51. The minimum Gasteiger partial charge on any atom is -0.469 e. The molecule has 2 amide bonds. The second-order valence-electron chi connectivity index (χ2n) is 11.1. The molecule has 11 heteroatoms. The Morgan fingerprint density at radius 2 is 1.98 bits per heavy atom. The standard InChI is InChI=1S/C31H43N5O6/c1-23(11-6-9-17-34-22-24(16-20-37)32-33-34)31(41)26-21-25(35-18-8-4-3-5-12-28(35)38)14-15-27(26)36(30(31)40)19-10-7-13-29(39)42-2/h6,11,14-15,21-23,37,41H,3-5,7-10,12-13,16-20H2,1-2H3/b11-6+/t23-,31+/m0/s1. The lowest BCUT2D eigenvalue weighted by atomic mass is 9.82. The number of rotatable bonds is 13. The highest BCUT2D eigenvalue weighted by atomic mass is 16.5. The van der Waals surface area contributed by atoms with Crippen LogP contribution in [0, 0.1) is 5.92 Å². The number of esters is 1. The number of unbranched alkanes of at least 4 members (excludes halogenated alkanes) is 1. The van der Waals surface area contributed by atoms with Crippen molar-refractivity contribution >= 4 is 29.2 Å². The van der Waals surface area contributed by atoms with Gasteiger partial charge in [0, 0.05) is 68.9 Å². The smallest absolute Gasteiger partial charge is 0.305 e. The molecule has 2 N–H and O–H groups in total. The molecule has 11 nitrogen and oxygen atoms in total. The van der Waals surface area contributed by atoms with E-state index in [0.717, 1.165) is 31.4 Å². The number of carbonyl (C=O) groups excluding carboxylic acids is 3. The number of aliphatic hydroxyl groups is 2. The SMILES string of the molecule is COC(=O)CCCCN1C(=O)[C@@](O)([C@@H](C)/C=C/CCn2cc(CCO)nn2)c2cc(N3CCCCCCC3=O)ccc21. The van der Waals surface area contributed by atoms with E-state index in [1.165, 1.54) is 7.11 Å². The minimum atomic E-state index is -1.81. The number of carbonyl (C=O) groups is 3. The molecule has 0 bridgehead atoms. The van der Waals surface area contributed by atoms with E-state index in [4.69, 9.17) is 9.84 Å². The molecule has 2 atom stereocenters. The Morgan fingerprint density at radius 3 is 2.76 bits per heavy atom. The average molecular weight is 582 g/mol. The minimum absolute atomic E-state index is 0.0140. The fourth-order valence-electron chi connectivity index (χ4n) is 5.72. The highest BCUT2D eigenvalue weighted by Crippen LogP contribution is 2.47. The lowest BCUT2D eigenvalue weighted by molar-refractivity contribution is -0.140. The lowest BCUT2D eigenvalue weighted by Gasteiger charge is -2.29. The first kappa shape index (κ1) is 31.4. The van der Waals surface area contributed by atoms with Crippen molar-refractivity contribution in [1.82, 2.24) is 15.0 Å². The summed E-state index contributed by atoms with van der Waals surface area (Å²) in [7, 11) is 1.35. The predicted molar refractivity (Wildman–Crippen MR) is 158 cm³/mol. The number of hydrogen-bond donors (Lipinski definition) is 2. The number of aliphatic hydroxyl groups excluding tert-OH is 1. The van der Waals surface area contributed by atoms with Gasteiger partial charge in [0.15, 0.2) is 5.60 Å². The molecule has 2 aromatic rings. The van der Waals surface area contributed by atoms with E-state index < -0.39 is 17.4 Å². The number of fused-ring (bicyclic) bond motifs is 1. The van der Waals surface area contributed by atoms with Crippen molar-refractivity contribution in [3.63, 3.8) is 0 Å². The van der Waals surface area contributed by atoms with Crippen molar-refractivity contribution in [1.29, 1.82) is 0 Å². The maximum absolute atomic E-state index is 13.9. The van der Waals surface area contributed by atoms with Gasteiger partial charge in [0.1, 0.15) is 0 Å². The van der Waals surface area contributed by atoms with Crippen LogP contribution in [0.5, 0.6) is 0 Å². The molecule has 0 spiro atoms. The molecule has 1 aromatic heterocycles. The van der Waals surface area contributed by atoms with Crippen LogP contribution in [0.3, 0.4) is 0 Å². The molecule has 1 aromatic carbocycles. The Bertz CT molecular complexity index is 1280. The summed E-state index contributed by atoms with van der Waals surface area (Å²) in [6, 6.07) is 5.50. The van der Waals surface area contributed by atoms with Gasteiger partial charge in [-0.3, -0.25) is 19.1 Å². The summed E-state index contributed by atoms with van der Waals surface area (Å²) in [5.74, 6) is -1.20. The molecular weight excluding hydrogens is 538 g/mol. The van der Waals surface area contributed by atoms with Crippen LogP contribution in [0.15, 0.2) is 36.5 Å². The summed E-state index contributed by atoms with van der Waals surface area (Å²) >= 11 is 0. The zero-order valence-electron chi connectivity index (χ0n) is 24.7. The van der Waals surface area contributed by atoms with Gasteiger partial charge in [0.2, 0.25) is 5.91 Å². The monoisotopic (exact) mass is 581 g/mol. The molecule has 42 heavy (non-hydrogen) atoms. The number of hydrogen-bond acceptors (Lipinski definition) is 8. The number of amides is 2. The lowest BCUT2D eigenvalue weighted by Crippen LogP contribution is -2.44. The van der Waals surface area contributed by atoms with Gasteiger partial charge in [0.05, 0.1) is 18.5 Å². The zero-order valence-corrected chi connectivity index (χ0v) is 24.7. The molecule has 2 aliphatic rings. The number of methoxy groups -OCH3 is 1. The van der Waals surface area contributed by atoms with Crippen molar-refractivity contribution in [2.75, 3.05) is 36.6 Å². The van der Waals surface area contributed by atoms with Gasteiger partial charge in [-0.1, -0.05) is 37.1 Å². The van der Waals surface area contributed by atoms with Gasteiger partial charge in [-0.15, -0.1) is 5.10 Å². The Balaban J connectivity index is 1.56. The molecule has 4 rings (SSSR count). The Morgan fingerprint density at radius 1 is 1.17 bits per heavy atom. The quantitative estimate of drug-likeness (QED) is 0.209. The van der Waals surface area contributed by atoms with Crippen LogP contribution in [-0.4, -0.2) is 69.8 Å². The summed E-state index contributed by atoms with van der Waals surface area (Å²) in [4.78, 5) is 41.9. The predicted octanol–water partition coefficient (Wildman–Crippen LogP) is 3.27. The summed E-state index contributed by atoms with van der Waals surface area (Å²) in [6.45, 7) is 3.37. The molecule has 2 aliphatic heterocycles. The summed E-state index contributed by atoms with van der Waals surface area (Å²) < 4.78 is 6.43. The maximum Gasteiger partial charge on any atom is 0.305 e. The first-order chi connectivity index (χ1) is 20.3. The van der Waals surface area contributed by atoms with Crippen molar-refractivity contribution in [3.8, 4) is 0 Å². The van der Waals surface area contributed by atoms with Gasteiger partial charge in [-0.25, -0.2) is 0 Å². The van der Waals surface area contributed by atoms with Crippen LogP contribution in [-0.2, 0) is 37.7 Å². The Kier molecular flexibility index (Phi) is 10.9. The summed E-state index contributed by atoms with van der Waals surface area (Å²) in [5, 5.41) is 29.3. The molecule has 0 radical (unpaired) electrons. The van der Waals surface area contributed by atoms with Crippen LogP contribution in [0.2, 0.25) is 0 Å². The third-order valence-electron chi connectivity index (χ3n) is 8.19. The van der Waals surface area contributed by atoms with E-state index in [9.17, 15) is 19.5 Å². The topological polar surface area (TPSA) is 138 Å². The fourth-order valence-corrected chi connectivity index (χ4v) is 5.72. The molecule has 1 fully saturated rings. The first-order valence-corrected chi connectivity index (χ1v) is 15.0. The number of aryl methyl sites for hydroxylation is 1. The fraction of sp³-hybridized carbons (Fsp3) is 0.581. The van der Waals surface area contributed by atoms with Gasteiger partial charge in [-0.2, -0.15) is 0 Å². The Labute approximate surface area is 247 Å². The van der Waals surface area contributed by atoms with Crippen molar-refractivity contribution in [2.45, 2.75) is 83.3 Å². The molecule has 0 saturated carbocycles. The van der Waals surface area contributed by atoms with Gasteiger partial charge in [0.25, 0.3) is 5.91 Å². The van der Waals surface area contributed by atoms with Crippen molar-refractivity contribution < 1.29 is 29.3 Å². The highest BCUT2D eigenvalue weighted by Gasteiger charge is 2.52. The van der Waals surface area contributed by atoms with E-state index in [1.54, 1.807) is 20.7 Å². The molecule has 3 heterocycles. The van der Waals surface area contributed by atoms with E-state index in [0.29, 0.717) is 68.7 Å². The van der Waals surface area contributed by atoms with E-state index in [2.05, 4.69) is 10.3 Å². The van der Waals surface area contributed by atoms with E-state index in [1.807, 2.05) is 37.3 Å². The van der Waals surface area contributed by atoms with Crippen molar-refractivity contribution in [2.24, 2.45) is 5.92 Å². The second-order valence-corrected chi connectivity index (χ2v) is 11.1. The molecule has 0 unspecified atom stereocenters. The number of nitrogens with zero attached hydrogens (tertiary/aromatic N) is 5. The first-order valence-electron chi connectivity index (χ1n) is 15.0. The van der Waals surface area contributed by atoms with Crippen LogP contribution in [0.4, 0.5) is 11.4 Å². The molecule has 1 saturated heterocycles. The van der Waals surface area contributed by atoms with Crippen LogP contribution >= 0.6 is 0 Å². The summed E-state index contributed by atoms with van der Waals surface area (Å²) in [6.07, 6.45) is 12.4. The zero-order chi connectivity index (χ0) is 30.1. The van der Waals surface area contributed by atoms with Crippen LogP contribution in [0.1, 0.15) is 76.0 Å². The third-order valence-corrected chi connectivity index (χ3v) is 8.19. The second kappa shape index (κ2) is 14.6. The van der Waals surface area contributed by atoms with Gasteiger partial charge < -0.3 is 24.7 Å². The Hall–Kier alpha value is -3.57. The van der Waals surface area contributed by atoms with E-state index >= 15 is 0 Å².